The summed E-state index contributed by atoms with van der Waals surface area (Å²) in [7, 11) is 4.21. The number of nitrogens with one attached hydrogen (secondary N) is 3. The maximum absolute atomic E-state index is 12.8. The van der Waals surface area contributed by atoms with Crippen molar-refractivity contribution in [3.05, 3.63) is 29.0 Å². The quantitative estimate of drug-likeness (QED) is 0.564. The van der Waals surface area contributed by atoms with Gasteiger partial charge in [0, 0.05) is 13.0 Å². The van der Waals surface area contributed by atoms with Gasteiger partial charge in [0.15, 0.2) is 5.11 Å². The van der Waals surface area contributed by atoms with E-state index >= 15 is 0 Å². The van der Waals surface area contributed by atoms with Crippen LogP contribution in [0.3, 0.4) is 0 Å². The average molecular weight is 291 g/mol. The summed E-state index contributed by atoms with van der Waals surface area (Å²) in [6.45, 7) is 1.88. The third-order valence-corrected chi connectivity index (χ3v) is 2.88. The summed E-state index contributed by atoms with van der Waals surface area (Å²) >= 11 is 11.0. The molecule has 0 unspecified atom stereocenters. The van der Waals surface area contributed by atoms with Crippen molar-refractivity contribution in [2.24, 2.45) is 0 Å². The second-order valence-corrected chi connectivity index (χ2v) is 5.13. The molecular weight excluding hydrogens is 273 g/mol. The van der Waals surface area contributed by atoms with E-state index in [-0.39, 0.29) is 5.82 Å². The zero-order valence-electron chi connectivity index (χ0n) is 10.5. The van der Waals surface area contributed by atoms with Crippen LogP contribution < -0.4 is 15.5 Å². The van der Waals surface area contributed by atoms with Crippen LogP contribution in [0.15, 0.2) is 18.2 Å². The zero-order valence-corrected chi connectivity index (χ0v) is 12.1. The fraction of sp³-hybridized carbons (Fsp3) is 0.417. The van der Waals surface area contributed by atoms with Gasteiger partial charge in [-0.3, -0.25) is 0 Å². The molecule has 0 saturated carbocycles. The maximum atomic E-state index is 12.8. The van der Waals surface area contributed by atoms with Gasteiger partial charge in [-0.25, -0.2) is 4.39 Å². The minimum Gasteiger partial charge on any atom is -0.362 e. The number of benzene rings is 1. The zero-order chi connectivity index (χ0) is 13.5. The van der Waals surface area contributed by atoms with Crippen LogP contribution in [0.4, 0.5) is 10.1 Å². The smallest absolute Gasteiger partial charge is 0.170 e. The first-order valence-corrected chi connectivity index (χ1v) is 6.56. The van der Waals surface area contributed by atoms with E-state index in [0.29, 0.717) is 15.8 Å². The van der Waals surface area contributed by atoms with E-state index in [9.17, 15) is 4.39 Å². The van der Waals surface area contributed by atoms with Crippen LogP contribution in [0.2, 0.25) is 5.02 Å². The third kappa shape index (κ3) is 5.62. The Kier molecular flexibility index (Phi) is 6.32. The van der Waals surface area contributed by atoms with Gasteiger partial charge in [0.25, 0.3) is 0 Å². The predicted octanol–water partition coefficient (Wildman–Crippen LogP) is 1.30. The Morgan fingerprint density at radius 3 is 2.78 bits per heavy atom. The number of hydrogen-bond acceptors (Lipinski definition) is 1. The van der Waals surface area contributed by atoms with Gasteiger partial charge in [-0.15, -0.1) is 0 Å². The van der Waals surface area contributed by atoms with Crippen molar-refractivity contribution < 1.29 is 9.29 Å². The molecule has 1 aromatic rings. The van der Waals surface area contributed by atoms with Gasteiger partial charge in [-0.2, -0.15) is 0 Å². The first-order valence-electron chi connectivity index (χ1n) is 5.78. The molecule has 3 nitrogen and oxygen atoms in total. The molecule has 0 aliphatic rings. The van der Waals surface area contributed by atoms with Crippen LogP contribution in [0.25, 0.3) is 0 Å². The van der Waals surface area contributed by atoms with Gasteiger partial charge >= 0.3 is 0 Å². The summed E-state index contributed by atoms with van der Waals surface area (Å²) in [6, 6.07) is 4.16. The van der Waals surface area contributed by atoms with E-state index < -0.39 is 0 Å². The van der Waals surface area contributed by atoms with Crippen molar-refractivity contribution in [2.45, 2.75) is 6.42 Å². The lowest BCUT2D eigenvalue weighted by Gasteiger charge is -2.12. The molecule has 1 aromatic carbocycles. The van der Waals surface area contributed by atoms with E-state index in [4.69, 9.17) is 23.8 Å². The van der Waals surface area contributed by atoms with E-state index in [1.807, 2.05) is 0 Å². The normalized spacial score (nSPS) is 10.5. The minimum absolute atomic E-state index is 0.317. The second kappa shape index (κ2) is 7.51. The van der Waals surface area contributed by atoms with Crippen LogP contribution >= 0.6 is 23.8 Å². The molecule has 0 aliphatic carbocycles. The number of hydrogen-bond donors (Lipinski definition) is 3. The van der Waals surface area contributed by atoms with Gasteiger partial charge in [-0.1, -0.05) is 11.6 Å². The van der Waals surface area contributed by atoms with Crippen LogP contribution in [0, 0.1) is 5.82 Å². The molecule has 1 rings (SSSR count). The minimum atomic E-state index is -0.363. The number of rotatable bonds is 5. The molecule has 6 heteroatoms. The van der Waals surface area contributed by atoms with Gasteiger partial charge in [-0.05, 0) is 30.4 Å². The lowest BCUT2D eigenvalue weighted by molar-refractivity contribution is -0.858. The van der Waals surface area contributed by atoms with E-state index in [0.717, 1.165) is 19.5 Å². The maximum Gasteiger partial charge on any atom is 0.170 e. The summed E-state index contributed by atoms with van der Waals surface area (Å²) in [5, 5.41) is 6.84. The average Bonchev–Trinajstić information content (AvgIpc) is 2.28. The Morgan fingerprint density at radius 1 is 1.44 bits per heavy atom. The Hall–Kier alpha value is -0.910. The molecule has 0 amide bonds. The predicted molar refractivity (Wildman–Crippen MR) is 77.9 cm³/mol. The van der Waals surface area contributed by atoms with E-state index in [1.54, 1.807) is 6.07 Å². The molecule has 0 saturated heterocycles. The highest BCUT2D eigenvalue weighted by molar-refractivity contribution is 7.80. The topological polar surface area (TPSA) is 28.5 Å². The molecule has 0 heterocycles. The molecule has 0 aliphatic heterocycles. The molecule has 100 valence electrons. The van der Waals surface area contributed by atoms with Gasteiger partial charge in [0.1, 0.15) is 5.82 Å². The summed E-state index contributed by atoms with van der Waals surface area (Å²) in [5.41, 5.74) is 0.605. The van der Waals surface area contributed by atoms with Gasteiger partial charge < -0.3 is 15.5 Å². The summed E-state index contributed by atoms with van der Waals surface area (Å²) in [6.07, 6.45) is 1.03. The van der Waals surface area contributed by atoms with Crippen LogP contribution in [-0.2, 0) is 0 Å². The van der Waals surface area contributed by atoms with Crippen molar-refractivity contribution in [2.75, 3.05) is 32.5 Å². The van der Waals surface area contributed by atoms with E-state index in [1.165, 1.54) is 17.0 Å². The second-order valence-electron chi connectivity index (χ2n) is 4.32. The highest BCUT2D eigenvalue weighted by Crippen LogP contribution is 2.22. The Labute approximate surface area is 117 Å². The van der Waals surface area contributed by atoms with Crippen molar-refractivity contribution in [1.29, 1.82) is 0 Å². The summed E-state index contributed by atoms with van der Waals surface area (Å²) in [5.74, 6) is -0.363. The summed E-state index contributed by atoms with van der Waals surface area (Å²) < 4.78 is 12.8. The molecule has 3 N–H and O–H groups in total. The highest BCUT2D eigenvalue weighted by atomic mass is 35.5. The van der Waals surface area contributed by atoms with Crippen molar-refractivity contribution in [1.82, 2.24) is 5.32 Å². The first kappa shape index (κ1) is 15.1. The van der Waals surface area contributed by atoms with Gasteiger partial charge in [0.05, 0.1) is 31.4 Å². The number of halogens is 2. The third-order valence-electron chi connectivity index (χ3n) is 2.32. The number of anilines is 1. The molecule has 0 aromatic heterocycles. The van der Waals surface area contributed by atoms with Crippen LogP contribution in [0.5, 0.6) is 0 Å². The molecule has 0 fully saturated rings. The molecule has 0 radical (unpaired) electrons. The molecule has 0 spiro atoms. The van der Waals surface area contributed by atoms with E-state index in [2.05, 4.69) is 24.7 Å². The Balaban J connectivity index is 2.35. The Bertz CT molecular complexity index is 412. The van der Waals surface area contributed by atoms with Crippen molar-refractivity contribution in [3.63, 3.8) is 0 Å². The SMILES string of the molecule is C[NH+](C)CCCNC(=S)Nc1ccc(F)cc1Cl. The van der Waals surface area contributed by atoms with Crippen molar-refractivity contribution in [3.8, 4) is 0 Å². The van der Waals surface area contributed by atoms with Crippen LogP contribution in [0.1, 0.15) is 6.42 Å². The molecule has 0 atom stereocenters. The Morgan fingerprint density at radius 2 is 2.17 bits per heavy atom. The highest BCUT2D eigenvalue weighted by Gasteiger charge is 2.03. The number of quaternary nitrogens is 1. The molecule has 18 heavy (non-hydrogen) atoms. The van der Waals surface area contributed by atoms with Crippen LogP contribution in [-0.4, -0.2) is 32.3 Å². The van der Waals surface area contributed by atoms with Gasteiger partial charge in [0.2, 0.25) is 0 Å². The fourth-order valence-corrected chi connectivity index (χ4v) is 1.83. The summed E-state index contributed by atoms with van der Waals surface area (Å²) in [4.78, 5) is 1.40. The monoisotopic (exact) mass is 290 g/mol. The van der Waals surface area contributed by atoms with Crippen molar-refractivity contribution >= 4 is 34.6 Å². The lowest BCUT2D eigenvalue weighted by atomic mass is 10.3. The standard InChI is InChI=1S/C12H17ClFN3S/c1-17(2)7-3-6-15-12(18)16-11-5-4-9(14)8-10(11)13/h4-5,8H,3,6-7H2,1-2H3,(H2,15,16,18)/p+1. The largest absolute Gasteiger partial charge is 0.362 e. The molecule has 0 bridgehead atoms. The lowest BCUT2D eigenvalue weighted by Crippen LogP contribution is -3.05. The first-order chi connectivity index (χ1) is 8.49. The molecular formula is C12H18ClFN3S+. The number of thiocarbonyl (C=S) groups is 1. The fourth-order valence-electron chi connectivity index (χ4n) is 1.40.